The van der Waals surface area contributed by atoms with Crippen molar-refractivity contribution in [1.82, 2.24) is 4.98 Å². The second kappa shape index (κ2) is 5.46. The highest BCUT2D eigenvalue weighted by Crippen LogP contribution is 2.22. The molecule has 0 aliphatic rings. The molecule has 0 saturated carbocycles. The predicted molar refractivity (Wildman–Crippen MR) is 69.0 cm³/mol. The van der Waals surface area contributed by atoms with Crippen LogP contribution in [0.1, 0.15) is 22.9 Å². The van der Waals surface area contributed by atoms with Gasteiger partial charge in [0.2, 0.25) is 0 Å². The Kier molecular flexibility index (Phi) is 3.94. The number of hydrogen-bond donors (Lipinski definition) is 1. The number of aryl methyl sites for hydroxylation is 1. The lowest BCUT2D eigenvalue weighted by molar-refractivity contribution is 0.177. The summed E-state index contributed by atoms with van der Waals surface area (Å²) in [7, 11) is 0. The zero-order chi connectivity index (χ0) is 13.1. The monoisotopic (exact) mass is 265 g/mol. The molecule has 0 radical (unpaired) electrons. The average Bonchev–Trinajstić information content (AvgIpc) is 2.34. The van der Waals surface area contributed by atoms with Crippen molar-refractivity contribution in [2.45, 2.75) is 19.4 Å². The minimum absolute atomic E-state index is 0.190. The number of halogens is 2. The lowest BCUT2D eigenvalue weighted by atomic mass is 10.0. The van der Waals surface area contributed by atoms with Crippen LogP contribution >= 0.6 is 11.6 Å². The van der Waals surface area contributed by atoms with Crippen LogP contribution in [-0.4, -0.2) is 10.1 Å². The lowest BCUT2D eigenvalue weighted by Gasteiger charge is -2.12. The average molecular weight is 266 g/mol. The summed E-state index contributed by atoms with van der Waals surface area (Å²) >= 11 is 5.81. The fraction of sp³-hybridized carbons (Fsp3) is 0.214. The summed E-state index contributed by atoms with van der Waals surface area (Å²) in [4.78, 5) is 4.05. The molecular formula is C14H13ClFNO. The third-order valence-corrected chi connectivity index (χ3v) is 2.96. The van der Waals surface area contributed by atoms with Crippen LogP contribution < -0.4 is 0 Å². The number of benzene rings is 1. The van der Waals surface area contributed by atoms with E-state index in [1.54, 1.807) is 18.3 Å². The van der Waals surface area contributed by atoms with E-state index in [-0.39, 0.29) is 12.2 Å². The summed E-state index contributed by atoms with van der Waals surface area (Å²) < 4.78 is 13.5. The second-order valence-electron chi connectivity index (χ2n) is 4.19. The molecule has 94 valence electrons. The van der Waals surface area contributed by atoms with Crippen LogP contribution in [0.25, 0.3) is 0 Å². The van der Waals surface area contributed by atoms with Crippen molar-refractivity contribution in [3.8, 4) is 0 Å². The quantitative estimate of drug-likeness (QED) is 0.922. The number of pyridine rings is 1. The molecule has 0 spiro atoms. The highest BCUT2D eigenvalue weighted by Gasteiger charge is 2.12. The first-order valence-corrected chi connectivity index (χ1v) is 5.98. The maximum atomic E-state index is 13.5. The molecule has 18 heavy (non-hydrogen) atoms. The van der Waals surface area contributed by atoms with Crippen LogP contribution in [0.4, 0.5) is 4.39 Å². The summed E-state index contributed by atoms with van der Waals surface area (Å²) in [6, 6.07) is 7.84. The van der Waals surface area contributed by atoms with Gasteiger partial charge in [-0.25, -0.2) is 4.39 Å². The van der Waals surface area contributed by atoms with Crippen molar-refractivity contribution in [2.75, 3.05) is 0 Å². The van der Waals surface area contributed by atoms with Gasteiger partial charge in [-0.1, -0.05) is 11.6 Å². The highest BCUT2D eigenvalue weighted by molar-refractivity contribution is 6.30. The Balaban J connectivity index is 2.21. The van der Waals surface area contributed by atoms with Gasteiger partial charge in [-0.05, 0) is 48.4 Å². The first kappa shape index (κ1) is 13.0. The number of rotatable bonds is 3. The van der Waals surface area contributed by atoms with E-state index in [2.05, 4.69) is 4.98 Å². The number of nitrogens with zero attached hydrogens (tertiary/aromatic N) is 1. The fourth-order valence-corrected chi connectivity index (χ4v) is 2.00. The Bertz CT molecular complexity index is 559. The van der Waals surface area contributed by atoms with E-state index in [1.165, 1.54) is 18.2 Å². The van der Waals surface area contributed by atoms with Crippen LogP contribution in [0.3, 0.4) is 0 Å². The van der Waals surface area contributed by atoms with E-state index in [0.717, 1.165) is 11.3 Å². The summed E-state index contributed by atoms with van der Waals surface area (Å²) in [6.07, 6.45) is 1.05. The van der Waals surface area contributed by atoms with E-state index in [4.69, 9.17) is 11.6 Å². The van der Waals surface area contributed by atoms with Gasteiger partial charge in [0.25, 0.3) is 0 Å². The molecule has 1 aromatic carbocycles. The van der Waals surface area contributed by atoms with Crippen molar-refractivity contribution in [2.24, 2.45) is 0 Å². The van der Waals surface area contributed by atoms with Gasteiger partial charge >= 0.3 is 0 Å². The molecule has 0 aliphatic heterocycles. The molecule has 2 rings (SSSR count). The first-order chi connectivity index (χ1) is 8.56. The topological polar surface area (TPSA) is 33.1 Å². The van der Waals surface area contributed by atoms with Crippen LogP contribution in [0.5, 0.6) is 0 Å². The first-order valence-electron chi connectivity index (χ1n) is 5.61. The zero-order valence-electron chi connectivity index (χ0n) is 9.90. The smallest absolute Gasteiger partial charge is 0.126 e. The summed E-state index contributed by atoms with van der Waals surface area (Å²) in [6.45, 7) is 1.84. The lowest BCUT2D eigenvalue weighted by Crippen LogP contribution is -2.04. The van der Waals surface area contributed by atoms with Gasteiger partial charge in [-0.3, -0.25) is 4.98 Å². The predicted octanol–water partition coefficient (Wildman–Crippen LogP) is 3.46. The van der Waals surface area contributed by atoms with E-state index in [9.17, 15) is 9.50 Å². The van der Waals surface area contributed by atoms with Gasteiger partial charge < -0.3 is 5.11 Å². The molecule has 2 nitrogen and oxygen atoms in total. The van der Waals surface area contributed by atoms with E-state index in [1.807, 2.05) is 6.92 Å². The molecule has 1 aromatic heterocycles. The van der Waals surface area contributed by atoms with Gasteiger partial charge in [0.15, 0.2) is 0 Å². The largest absolute Gasteiger partial charge is 0.388 e. The van der Waals surface area contributed by atoms with E-state index < -0.39 is 6.10 Å². The van der Waals surface area contributed by atoms with Crippen molar-refractivity contribution < 1.29 is 9.50 Å². The summed E-state index contributed by atoms with van der Waals surface area (Å²) in [5, 5.41) is 10.5. The third kappa shape index (κ3) is 3.06. The SMILES string of the molecule is Cc1cc(C(O)Cc2cc(Cl)ccc2F)ccn1. The number of aliphatic hydroxyl groups excluding tert-OH is 1. The molecule has 2 aromatic rings. The van der Waals surface area contributed by atoms with Crippen LogP contribution in [0.2, 0.25) is 5.02 Å². The van der Waals surface area contributed by atoms with Gasteiger partial charge in [0, 0.05) is 23.3 Å². The van der Waals surface area contributed by atoms with Crippen molar-refractivity contribution in [3.05, 3.63) is 64.2 Å². The van der Waals surface area contributed by atoms with Crippen LogP contribution in [-0.2, 0) is 6.42 Å². The molecule has 1 N–H and O–H groups in total. The second-order valence-corrected chi connectivity index (χ2v) is 4.62. The van der Waals surface area contributed by atoms with Gasteiger partial charge in [0.1, 0.15) is 5.82 Å². The minimum atomic E-state index is -0.764. The normalized spacial score (nSPS) is 12.4. The van der Waals surface area contributed by atoms with Crippen molar-refractivity contribution in [3.63, 3.8) is 0 Å². The maximum Gasteiger partial charge on any atom is 0.126 e. The molecule has 0 aliphatic carbocycles. The van der Waals surface area contributed by atoms with Crippen molar-refractivity contribution >= 4 is 11.6 Å². The zero-order valence-corrected chi connectivity index (χ0v) is 10.7. The summed E-state index contributed by atoms with van der Waals surface area (Å²) in [5.74, 6) is -0.357. The molecule has 0 amide bonds. The number of aliphatic hydroxyl groups is 1. The highest BCUT2D eigenvalue weighted by atomic mass is 35.5. The Morgan fingerprint density at radius 1 is 1.33 bits per heavy atom. The van der Waals surface area contributed by atoms with Crippen LogP contribution in [0.15, 0.2) is 36.5 Å². The molecular weight excluding hydrogens is 253 g/mol. The third-order valence-electron chi connectivity index (χ3n) is 2.73. The van der Waals surface area contributed by atoms with E-state index >= 15 is 0 Å². The minimum Gasteiger partial charge on any atom is -0.388 e. The molecule has 4 heteroatoms. The standard InChI is InChI=1S/C14H13ClFNO/c1-9-6-10(4-5-17-9)14(18)8-11-7-12(15)2-3-13(11)16/h2-7,14,18H,8H2,1H3. The Hall–Kier alpha value is -1.45. The fourth-order valence-electron chi connectivity index (χ4n) is 1.80. The molecule has 0 fully saturated rings. The molecule has 1 unspecified atom stereocenters. The summed E-state index contributed by atoms with van der Waals surface area (Å²) in [5.41, 5.74) is 1.95. The van der Waals surface area contributed by atoms with Gasteiger partial charge in [-0.2, -0.15) is 0 Å². The number of hydrogen-bond acceptors (Lipinski definition) is 2. The molecule has 1 heterocycles. The Morgan fingerprint density at radius 3 is 2.83 bits per heavy atom. The Labute approximate surface area is 110 Å². The Morgan fingerprint density at radius 2 is 2.11 bits per heavy atom. The van der Waals surface area contributed by atoms with Gasteiger partial charge in [-0.15, -0.1) is 0 Å². The van der Waals surface area contributed by atoms with Crippen molar-refractivity contribution in [1.29, 1.82) is 0 Å². The van der Waals surface area contributed by atoms with Gasteiger partial charge in [0.05, 0.1) is 6.10 Å². The maximum absolute atomic E-state index is 13.5. The van der Waals surface area contributed by atoms with E-state index in [0.29, 0.717) is 10.6 Å². The molecule has 0 bridgehead atoms. The van der Waals surface area contributed by atoms with Crippen LogP contribution in [0, 0.1) is 12.7 Å². The molecule has 1 atom stereocenters. The molecule has 0 saturated heterocycles. The number of aromatic nitrogens is 1.